The molecule has 0 bridgehead atoms. The van der Waals surface area contributed by atoms with Gasteiger partial charge in [0, 0.05) is 5.92 Å². The lowest BCUT2D eigenvalue weighted by Gasteiger charge is -2.27. The number of carbonyl (C=O) groups is 1. The maximum absolute atomic E-state index is 13.2. The summed E-state index contributed by atoms with van der Waals surface area (Å²) in [5, 5.41) is 0. The number of carbonyl (C=O) groups excluding carboxylic acids is 1. The van der Waals surface area contributed by atoms with Crippen molar-refractivity contribution < 1.29 is 9.53 Å². The number of nitrogens with zero attached hydrogens (tertiary/aromatic N) is 2. The minimum atomic E-state index is -0.138. The smallest absolute Gasteiger partial charge is 0.299 e. The van der Waals surface area contributed by atoms with Crippen LogP contribution in [0.5, 0.6) is 0 Å². The molecule has 0 unspecified atom stereocenters. The highest BCUT2D eigenvalue weighted by Gasteiger charge is 2.39. The monoisotopic (exact) mass is 350 g/mol. The summed E-state index contributed by atoms with van der Waals surface area (Å²) in [6, 6.07) is 20.2. The lowest BCUT2D eigenvalue weighted by Crippen LogP contribution is -2.45. The predicted molar refractivity (Wildman–Crippen MR) is 104 cm³/mol. The van der Waals surface area contributed by atoms with E-state index in [1.54, 1.807) is 4.90 Å². The summed E-state index contributed by atoms with van der Waals surface area (Å²) in [6.45, 7) is 6.70. The molecule has 1 saturated heterocycles. The Labute approximate surface area is 155 Å². The average Bonchev–Trinajstić information content (AvgIpc) is 3.06. The second kappa shape index (κ2) is 8.17. The molecule has 0 radical (unpaired) electrons. The lowest BCUT2D eigenvalue weighted by molar-refractivity contribution is -0.132. The van der Waals surface area contributed by atoms with Gasteiger partial charge in [-0.05, 0) is 30.0 Å². The molecule has 0 spiro atoms. The van der Waals surface area contributed by atoms with Crippen LogP contribution >= 0.6 is 0 Å². The fourth-order valence-electron chi connectivity index (χ4n) is 3.19. The minimum absolute atomic E-state index is 0.0168. The van der Waals surface area contributed by atoms with Crippen molar-refractivity contribution >= 4 is 17.6 Å². The zero-order chi connectivity index (χ0) is 18.5. The van der Waals surface area contributed by atoms with Crippen molar-refractivity contribution in [3.05, 3.63) is 66.2 Å². The van der Waals surface area contributed by atoms with Gasteiger partial charge in [-0.3, -0.25) is 9.69 Å². The highest BCUT2D eigenvalue weighted by molar-refractivity contribution is 5.98. The van der Waals surface area contributed by atoms with Gasteiger partial charge in [0.15, 0.2) is 0 Å². The number of aliphatic imine (C=N–C) groups is 1. The molecule has 1 fully saturated rings. The number of ether oxygens (including phenoxy) is 1. The Kier molecular flexibility index (Phi) is 5.71. The molecule has 2 aromatic carbocycles. The van der Waals surface area contributed by atoms with Crippen molar-refractivity contribution in [2.24, 2.45) is 16.8 Å². The summed E-state index contributed by atoms with van der Waals surface area (Å²) < 4.78 is 5.82. The molecule has 26 heavy (non-hydrogen) atoms. The number of para-hydroxylation sites is 1. The summed E-state index contributed by atoms with van der Waals surface area (Å²) in [5.74, 6) is 0.229. The average molecular weight is 350 g/mol. The number of hydrogen-bond donors (Lipinski definition) is 0. The van der Waals surface area contributed by atoms with E-state index in [9.17, 15) is 4.79 Å². The lowest BCUT2D eigenvalue weighted by atomic mass is 9.97. The Bertz CT molecular complexity index is 756. The molecule has 4 nitrogen and oxygen atoms in total. The predicted octanol–water partition coefficient (Wildman–Crippen LogP) is 4.44. The Hall–Kier alpha value is -2.62. The molecule has 136 valence electrons. The molecule has 0 saturated carbocycles. The fraction of sp³-hybridized carbons (Fsp3) is 0.364. The van der Waals surface area contributed by atoms with Crippen molar-refractivity contribution in [1.29, 1.82) is 0 Å². The third kappa shape index (κ3) is 4.13. The first-order valence-electron chi connectivity index (χ1n) is 9.20. The molecule has 0 aliphatic carbocycles. The fourth-order valence-corrected chi connectivity index (χ4v) is 3.19. The van der Waals surface area contributed by atoms with Crippen LogP contribution in [0.3, 0.4) is 0 Å². The maximum atomic E-state index is 13.2. The first-order valence-corrected chi connectivity index (χ1v) is 9.20. The molecular weight excluding hydrogens is 324 g/mol. The molecule has 1 aliphatic rings. The second-order valence-corrected chi connectivity index (χ2v) is 7.15. The van der Waals surface area contributed by atoms with E-state index in [1.165, 1.54) is 0 Å². The summed E-state index contributed by atoms with van der Waals surface area (Å²) in [4.78, 5) is 19.6. The first-order chi connectivity index (χ1) is 12.6. The molecule has 1 aliphatic heterocycles. The SMILES string of the molecule is CC(C)[C@H]1COC(=Nc2ccccc2)N1C(=O)[C@H](C)Cc1ccccc1. The minimum Gasteiger partial charge on any atom is -0.462 e. The van der Waals surface area contributed by atoms with Crippen LogP contribution in [-0.4, -0.2) is 29.5 Å². The van der Waals surface area contributed by atoms with E-state index in [0.717, 1.165) is 11.3 Å². The molecule has 0 aromatic heterocycles. The van der Waals surface area contributed by atoms with Gasteiger partial charge in [0.1, 0.15) is 6.61 Å². The molecular formula is C22H26N2O2. The molecule has 2 aromatic rings. The maximum Gasteiger partial charge on any atom is 0.299 e. The highest BCUT2D eigenvalue weighted by atomic mass is 16.5. The van der Waals surface area contributed by atoms with Crippen LogP contribution in [0.4, 0.5) is 5.69 Å². The summed E-state index contributed by atoms with van der Waals surface area (Å²) >= 11 is 0. The van der Waals surface area contributed by atoms with Gasteiger partial charge >= 0.3 is 0 Å². The van der Waals surface area contributed by atoms with Crippen LogP contribution < -0.4 is 0 Å². The van der Waals surface area contributed by atoms with Crippen LogP contribution in [0, 0.1) is 11.8 Å². The van der Waals surface area contributed by atoms with Crippen LogP contribution in [0.1, 0.15) is 26.3 Å². The van der Waals surface area contributed by atoms with Gasteiger partial charge in [0.05, 0.1) is 11.7 Å². The second-order valence-electron chi connectivity index (χ2n) is 7.15. The Morgan fingerprint density at radius 3 is 2.31 bits per heavy atom. The Morgan fingerprint density at radius 1 is 1.08 bits per heavy atom. The normalized spacial score (nSPS) is 19.6. The topological polar surface area (TPSA) is 41.9 Å². The van der Waals surface area contributed by atoms with Crippen molar-refractivity contribution in [3.63, 3.8) is 0 Å². The summed E-state index contributed by atoms with van der Waals surface area (Å²) in [6.07, 6.45) is 0.708. The van der Waals surface area contributed by atoms with Crippen molar-refractivity contribution in [3.8, 4) is 0 Å². The van der Waals surface area contributed by atoms with Crippen LogP contribution in [-0.2, 0) is 16.0 Å². The van der Waals surface area contributed by atoms with Gasteiger partial charge in [0.2, 0.25) is 5.91 Å². The number of amidine groups is 1. The van der Waals surface area contributed by atoms with Crippen molar-refractivity contribution in [2.45, 2.75) is 33.2 Å². The largest absolute Gasteiger partial charge is 0.462 e. The van der Waals surface area contributed by atoms with Crippen LogP contribution in [0.25, 0.3) is 0 Å². The van der Waals surface area contributed by atoms with E-state index in [1.807, 2.05) is 55.5 Å². The number of rotatable bonds is 5. The molecule has 0 N–H and O–H groups in total. The van der Waals surface area contributed by atoms with Gasteiger partial charge < -0.3 is 4.74 Å². The Morgan fingerprint density at radius 2 is 1.69 bits per heavy atom. The third-order valence-corrected chi connectivity index (χ3v) is 4.72. The number of amides is 1. The van der Waals surface area contributed by atoms with E-state index >= 15 is 0 Å². The van der Waals surface area contributed by atoms with Gasteiger partial charge in [-0.2, -0.15) is 4.99 Å². The molecule has 4 heteroatoms. The number of benzene rings is 2. The van der Waals surface area contributed by atoms with Gasteiger partial charge in [-0.1, -0.05) is 69.3 Å². The van der Waals surface area contributed by atoms with Gasteiger partial charge in [0.25, 0.3) is 6.02 Å². The molecule has 1 heterocycles. The number of hydrogen-bond acceptors (Lipinski definition) is 3. The summed E-state index contributed by atoms with van der Waals surface area (Å²) in [5.41, 5.74) is 1.96. The van der Waals surface area contributed by atoms with Crippen LogP contribution in [0.15, 0.2) is 65.7 Å². The zero-order valence-corrected chi connectivity index (χ0v) is 15.6. The van der Waals surface area contributed by atoms with Crippen molar-refractivity contribution in [1.82, 2.24) is 4.90 Å². The highest BCUT2D eigenvalue weighted by Crippen LogP contribution is 2.25. The van der Waals surface area contributed by atoms with Gasteiger partial charge in [-0.15, -0.1) is 0 Å². The standard InChI is InChI=1S/C22H26N2O2/c1-16(2)20-15-26-22(23-19-12-8-5-9-13-19)24(20)21(25)17(3)14-18-10-6-4-7-11-18/h4-13,16-17,20H,14-15H2,1-3H3/t17-,20-/m1/s1. The summed E-state index contributed by atoms with van der Waals surface area (Å²) in [7, 11) is 0. The van der Waals surface area contributed by atoms with Crippen LogP contribution in [0.2, 0.25) is 0 Å². The molecule has 2 atom stereocenters. The quantitative estimate of drug-likeness (QED) is 0.800. The zero-order valence-electron chi connectivity index (χ0n) is 15.6. The third-order valence-electron chi connectivity index (χ3n) is 4.72. The molecule has 3 rings (SSSR count). The van der Waals surface area contributed by atoms with Gasteiger partial charge in [-0.25, -0.2) is 0 Å². The van der Waals surface area contributed by atoms with E-state index in [0.29, 0.717) is 25.0 Å². The first kappa shape index (κ1) is 18.2. The molecule has 1 amide bonds. The van der Waals surface area contributed by atoms with Crippen molar-refractivity contribution in [2.75, 3.05) is 6.61 Å². The van der Waals surface area contributed by atoms with E-state index < -0.39 is 0 Å². The van der Waals surface area contributed by atoms with E-state index in [4.69, 9.17) is 4.74 Å². The van der Waals surface area contributed by atoms with E-state index in [-0.39, 0.29) is 17.9 Å². The Balaban J connectivity index is 1.84. The van der Waals surface area contributed by atoms with E-state index in [2.05, 4.69) is 31.0 Å².